The van der Waals surface area contributed by atoms with Crippen LogP contribution in [0.1, 0.15) is 61.0 Å². The Morgan fingerprint density at radius 3 is 2.47 bits per heavy atom. The van der Waals surface area contributed by atoms with E-state index >= 15 is 0 Å². The number of hydrogen-bond donors (Lipinski definition) is 1. The Morgan fingerprint density at radius 2 is 1.87 bits per heavy atom. The van der Waals surface area contributed by atoms with Crippen LogP contribution in [0.15, 0.2) is 12.1 Å². The van der Waals surface area contributed by atoms with Crippen LogP contribution in [0.5, 0.6) is 0 Å². The molecular formula is C23H29FN4OS. The summed E-state index contributed by atoms with van der Waals surface area (Å²) in [6.45, 7) is 4.77. The van der Waals surface area contributed by atoms with Gasteiger partial charge in [0.25, 0.3) is 5.91 Å². The summed E-state index contributed by atoms with van der Waals surface area (Å²) in [6.07, 6.45) is 9.30. The molecule has 1 aromatic carbocycles. The maximum Gasteiger partial charge on any atom is 0.265 e. The molecule has 160 valence electrons. The first-order valence-electron chi connectivity index (χ1n) is 11.4. The number of nitrogens with one attached hydrogen (secondary N) is 1. The summed E-state index contributed by atoms with van der Waals surface area (Å²) in [5.74, 6) is 1.82. The van der Waals surface area contributed by atoms with Crippen molar-refractivity contribution in [2.45, 2.75) is 58.4 Å². The minimum absolute atomic E-state index is 0.105. The summed E-state index contributed by atoms with van der Waals surface area (Å²) in [7, 11) is 0. The largest absolute Gasteiger partial charge is 0.283 e. The molecule has 2 heterocycles. The Morgan fingerprint density at radius 1 is 1.20 bits per heavy atom. The molecule has 1 saturated heterocycles. The molecule has 4 aliphatic carbocycles. The van der Waals surface area contributed by atoms with E-state index in [1.807, 2.05) is 11.6 Å². The second-order valence-electron chi connectivity index (χ2n) is 10.3. The van der Waals surface area contributed by atoms with E-state index < -0.39 is 5.82 Å². The first kappa shape index (κ1) is 19.1. The predicted octanol–water partition coefficient (Wildman–Crippen LogP) is 4.70. The van der Waals surface area contributed by atoms with Gasteiger partial charge < -0.3 is 0 Å². The van der Waals surface area contributed by atoms with Crippen LogP contribution >= 0.6 is 12.1 Å². The molecule has 5 aliphatic rings. The molecule has 0 spiro atoms. The second-order valence-corrected chi connectivity index (χ2v) is 11.2. The van der Waals surface area contributed by atoms with Crippen molar-refractivity contribution in [1.82, 2.24) is 18.8 Å². The molecule has 7 heteroatoms. The highest BCUT2D eigenvalue weighted by Gasteiger charge is 2.51. The number of nitrogens with zero attached hydrogens (tertiary/aromatic N) is 3. The quantitative estimate of drug-likeness (QED) is 0.702. The van der Waals surface area contributed by atoms with E-state index in [-0.39, 0.29) is 11.5 Å². The number of aromatic nitrogens is 2. The SMILES string of the molecule is Cc1nn(CC23CC4CC(CC(C4)C2)C3)c2cc(F)c(C(=O)NSN3CCC3)cc12. The predicted molar refractivity (Wildman–Crippen MR) is 116 cm³/mol. The van der Waals surface area contributed by atoms with Gasteiger partial charge in [0.15, 0.2) is 0 Å². The van der Waals surface area contributed by atoms with Crippen LogP contribution in [-0.4, -0.2) is 33.1 Å². The van der Waals surface area contributed by atoms with E-state index in [4.69, 9.17) is 5.10 Å². The zero-order valence-corrected chi connectivity index (χ0v) is 18.3. The molecular weight excluding hydrogens is 399 g/mol. The van der Waals surface area contributed by atoms with Crippen molar-refractivity contribution in [1.29, 1.82) is 0 Å². The fraction of sp³-hybridized carbons (Fsp3) is 0.652. The fourth-order valence-electron chi connectivity index (χ4n) is 6.99. The lowest BCUT2D eigenvalue weighted by atomic mass is 9.49. The van der Waals surface area contributed by atoms with Crippen molar-refractivity contribution >= 4 is 28.9 Å². The van der Waals surface area contributed by atoms with Gasteiger partial charge in [0.05, 0.1) is 16.8 Å². The van der Waals surface area contributed by atoms with Gasteiger partial charge in [-0.1, -0.05) is 0 Å². The van der Waals surface area contributed by atoms with Crippen LogP contribution in [0.4, 0.5) is 4.39 Å². The topological polar surface area (TPSA) is 50.2 Å². The molecule has 2 aromatic rings. The zero-order valence-electron chi connectivity index (χ0n) is 17.5. The van der Waals surface area contributed by atoms with Crippen molar-refractivity contribution < 1.29 is 9.18 Å². The highest BCUT2D eigenvalue weighted by Crippen LogP contribution is 2.60. The molecule has 5 fully saturated rings. The van der Waals surface area contributed by atoms with Gasteiger partial charge in [0.2, 0.25) is 0 Å². The van der Waals surface area contributed by atoms with Crippen LogP contribution in [0, 0.1) is 35.9 Å². The van der Waals surface area contributed by atoms with E-state index in [1.54, 1.807) is 6.07 Å². The van der Waals surface area contributed by atoms with Crippen molar-refractivity contribution in [3.05, 3.63) is 29.2 Å². The Balaban J connectivity index is 1.28. The van der Waals surface area contributed by atoms with Crippen molar-refractivity contribution in [2.24, 2.45) is 23.2 Å². The van der Waals surface area contributed by atoms with Crippen LogP contribution in [-0.2, 0) is 6.54 Å². The van der Waals surface area contributed by atoms with Gasteiger partial charge in [0, 0.05) is 43.2 Å². The number of amides is 1. The number of rotatable bonds is 5. The van der Waals surface area contributed by atoms with E-state index in [9.17, 15) is 9.18 Å². The summed E-state index contributed by atoms with van der Waals surface area (Å²) < 4.78 is 21.8. The lowest BCUT2D eigenvalue weighted by Crippen LogP contribution is -2.48. The van der Waals surface area contributed by atoms with E-state index in [2.05, 4.69) is 9.03 Å². The molecule has 5 nitrogen and oxygen atoms in total. The molecule has 0 atom stereocenters. The molecule has 30 heavy (non-hydrogen) atoms. The van der Waals surface area contributed by atoms with Crippen molar-refractivity contribution in [3.63, 3.8) is 0 Å². The van der Waals surface area contributed by atoms with Gasteiger partial charge in [-0.2, -0.15) is 5.10 Å². The van der Waals surface area contributed by atoms with Crippen LogP contribution in [0.2, 0.25) is 0 Å². The van der Waals surface area contributed by atoms with Crippen LogP contribution < -0.4 is 4.72 Å². The van der Waals surface area contributed by atoms with Gasteiger partial charge in [-0.3, -0.25) is 14.2 Å². The minimum atomic E-state index is -0.462. The smallest absolute Gasteiger partial charge is 0.265 e. The summed E-state index contributed by atoms with van der Waals surface area (Å²) >= 11 is 1.27. The molecule has 0 radical (unpaired) electrons. The van der Waals surface area contributed by atoms with Crippen molar-refractivity contribution in [2.75, 3.05) is 13.1 Å². The minimum Gasteiger partial charge on any atom is -0.283 e. The maximum atomic E-state index is 15.0. The molecule has 1 aromatic heterocycles. The number of aryl methyl sites for hydroxylation is 1. The molecule has 4 bridgehead atoms. The average molecular weight is 429 g/mol. The molecule has 0 unspecified atom stereocenters. The number of fused-ring (bicyclic) bond motifs is 1. The summed E-state index contributed by atoms with van der Waals surface area (Å²) in [5, 5.41) is 5.70. The number of carbonyl (C=O) groups is 1. The van der Waals surface area contributed by atoms with Gasteiger partial charge in [0.1, 0.15) is 5.82 Å². The number of carbonyl (C=O) groups excluding carboxylic acids is 1. The maximum absolute atomic E-state index is 15.0. The Bertz CT molecular complexity index is 979. The lowest BCUT2D eigenvalue weighted by molar-refractivity contribution is -0.0629. The van der Waals surface area contributed by atoms with Crippen LogP contribution in [0.25, 0.3) is 10.9 Å². The molecule has 1 N–H and O–H groups in total. The van der Waals surface area contributed by atoms with Gasteiger partial charge in [-0.15, -0.1) is 0 Å². The molecule has 1 amide bonds. The Labute approximate surface area is 181 Å². The third-order valence-electron chi connectivity index (χ3n) is 8.00. The van der Waals surface area contributed by atoms with E-state index in [0.29, 0.717) is 5.41 Å². The van der Waals surface area contributed by atoms with E-state index in [0.717, 1.165) is 60.4 Å². The zero-order chi connectivity index (χ0) is 20.5. The molecule has 1 aliphatic heterocycles. The Hall–Kier alpha value is -1.60. The summed E-state index contributed by atoms with van der Waals surface area (Å²) in [5.41, 5.74) is 2.14. The lowest BCUT2D eigenvalue weighted by Gasteiger charge is -2.56. The highest BCUT2D eigenvalue weighted by molar-refractivity contribution is 7.95. The second kappa shape index (κ2) is 6.95. The third-order valence-corrected chi connectivity index (χ3v) is 8.90. The fourth-order valence-corrected chi connectivity index (χ4v) is 7.75. The molecule has 7 rings (SSSR count). The van der Waals surface area contributed by atoms with Gasteiger partial charge in [-0.05, 0) is 81.1 Å². The number of halogens is 1. The first-order valence-corrected chi connectivity index (χ1v) is 12.1. The summed E-state index contributed by atoms with van der Waals surface area (Å²) in [6, 6.07) is 3.22. The van der Waals surface area contributed by atoms with Crippen LogP contribution in [0.3, 0.4) is 0 Å². The number of hydrogen-bond acceptors (Lipinski definition) is 4. The molecule has 4 saturated carbocycles. The first-order chi connectivity index (χ1) is 14.5. The average Bonchev–Trinajstić information content (AvgIpc) is 2.92. The van der Waals surface area contributed by atoms with Gasteiger partial charge in [-0.25, -0.2) is 8.70 Å². The normalized spacial score (nSPS) is 32.5. The van der Waals surface area contributed by atoms with Gasteiger partial charge >= 0.3 is 0 Å². The van der Waals surface area contributed by atoms with E-state index in [1.165, 1.54) is 56.7 Å². The Kier molecular flexibility index (Phi) is 4.43. The monoisotopic (exact) mass is 428 g/mol. The standard InChI is InChI=1S/C23H29FN4OS/c1-14-18-8-19(22(29)26-30-27-3-2-4-27)20(24)9-21(18)28(25-14)13-23-10-15-5-16(11-23)7-17(6-15)12-23/h8-9,15-17H,2-7,10-13H2,1H3,(H,26,29). The highest BCUT2D eigenvalue weighted by atomic mass is 32.2. The summed E-state index contributed by atoms with van der Waals surface area (Å²) in [4.78, 5) is 12.5. The number of benzene rings is 1. The third kappa shape index (κ3) is 3.16. The van der Waals surface area contributed by atoms with Crippen molar-refractivity contribution in [3.8, 4) is 0 Å².